The summed E-state index contributed by atoms with van der Waals surface area (Å²) in [4.78, 5) is 0. The summed E-state index contributed by atoms with van der Waals surface area (Å²) >= 11 is 6.21. The average Bonchev–Trinajstić information content (AvgIpc) is 2.34. The lowest BCUT2D eigenvalue weighted by Crippen LogP contribution is -2.18. The molecule has 1 aliphatic rings. The highest BCUT2D eigenvalue weighted by atomic mass is 35.5. The molecule has 0 amide bonds. The van der Waals surface area contributed by atoms with E-state index in [4.69, 9.17) is 11.6 Å². The Morgan fingerprint density at radius 1 is 1.19 bits per heavy atom. The molecular formula is C15H21Cl. The number of aryl methyl sites for hydroxylation is 1. The van der Waals surface area contributed by atoms with Gasteiger partial charge in [-0.3, -0.25) is 0 Å². The van der Waals surface area contributed by atoms with Crippen molar-refractivity contribution in [2.75, 3.05) is 5.88 Å². The van der Waals surface area contributed by atoms with Gasteiger partial charge in [-0.1, -0.05) is 43.5 Å². The fourth-order valence-corrected chi connectivity index (χ4v) is 3.42. The molecule has 0 N–H and O–H groups in total. The lowest BCUT2D eigenvalue weighted by Gasteiger charge is -2.30. The molecule has 1 aromatic rings. The van der Waals surface area contributed by atoms with Crippen LogP contribution in [0.5, 0.6) is 0 Å². The molecule has 0 aliphatic heterocycles. The van der Waals surface area contributed by atoms with Crippen molar-refractivity contribution < 1.29 is 0 Å². The molecule has 1 atom stereocenters. The fourth-order valence-electron chi connectivity index (χ4n) is 3.00. The van der Waals surface area contributed by atoms with Crippen LogP contribution in [0.4, 0.5) is 0 Å². The summed E-state index contributed by atoms with van der Waals surface area (Å²) in [5, 5.41) is 0. The van der Waals surface area contributed by atoms with Crippen LogP contribution in [0.1, 0.15) is 49.1 Å². The van der Waals surface area contributed by atoms with Gasteiger partial charge in [0.15, 0.2) is 0 Å². The van der Waals surface area contributed by atoms with Gasteiger partial charge in [0.25, 0.3) is 0 Å². The number of hydrogen-bond donors (Lipinski definition) is 0. The van der Waals surface area contributed by atoms with E-state index in [9.17, 15) is 0 Å². The van der Waals surface area contributed by atoms with E-state index >= 15 is 0 Å². The Hall–Kier alpha value is -0.490. The van der Waals surface area contributed by atoms with Crippen molar-refractivity contribution >= 4 is 11.6 Å². The van der Waals surface area contributed by atoms with Crippen LogP contribution in [-0.4, -0.2) is 5.88 Å². The van der Waals surface area contributed by atoms with Gasteiger partial charge in [-0.15, -0.1) is 11.6 Å². The second-order valence-electron chi connectivity index (χ2n) is 5.02. The standard InChI is InChI=1S/C15H21Cl/c1-12-7-5-6-10-14(12)15(11-16)13-8-3-2-4-9-13/h5-7,10,13,15H,2-4,8-9,11H2,1H3. The van der Waals surface area contributed by atoms with E-state index in [-0.39, 0.29) is 0 Å². The molecule has 0 aromatic heterocycles. The Kier molecular flexibility index (Phi) is 4.29. The highest BCUT2D eigenvalue weighted by Gasteiger charge is 2.25. The maximum absolute atomic E-state index is 6.21. The van der Waals surface area contributed by atoms with Crippen molar-refractivity contribution in [1.29, 1.82) is 0 Å². The first-order valence-corrected chi connectivity index (χ1v) is 6.98. The number of alkyl halides is 1. The third kappa shape index (κ3) is 2.60. The first-order chi connectivity index (χ1) is 7.83. The van der Waals surface area contributed by atoms with Crippen LogP contribution in [0, 0.1) is 12.8 Å². The summed E-state index contributed by atoms with van der Waals surface area (Å²) in [7, 11) is 0. The normalized spacial score (nSPS) is 19.6. The Labute approximate surface area is 104 Å². The van der Waals surface area contributed by atoms with Gasteiger partial charge in [-0.25, -0.2) is 0 Å². The Morgan fingerprint density at radius 3 is 2.50 bits per heavy atom. The predicted octanol–water partition coefficient (Wildman–Crippen LogP) is 4.90. The van der Waals surface area contributed by atoms with E-state index in [1.807, 2.05) is 0 Å². The van der Waals surface area contributed by atoms with Gasteiger partial charge in [0.05, 0.1) is 0 Å². The SMILES string of the molecule is Cc1ccccc1C(CCl)C1CCCCC1. The van der Waals surface area contributed by atoms with Gasteiger partial charge in [0, 0.05) is 11.8 Å². The Balaban J connectivity index is 2.18. The molecule has 2 rings (SSSR count). The summed E-state index contributed by atoms with van der Waals surface area (Å²) in [6, 6.07) is 8.73. The minimum atomic E-state index is 0.572. The van der Waals surface area contributed by atoms with E-state index in [1.54, 1.807) is 0 Å². The van der Waals surface area contributed by atoms with E-state index < -0.39 is 0 Å². The molecular weight excluding hydrogens is 216 g/mol. The first kappa shape index (κ1) is 12.0. The van der Waals surface area contributed by atoms with Crippen LogP contribution in [0.25, 0.3) is 0 Å². The molecule has 1 saturated carbocycles. The van der Waals surface area contributed by atoms with Crippen LogP contribution >= 0.6 is 11.6 Å². The van der Waals surface area contributed by atoms with Gasteiger partial charge >= 0.3 is 0 Å². The zero-order valence-electron chi connectivity index (χ0n) is 10.1. The largest absolute Gasteiger partial charge is 0.126 e. The van der Waals surface area contributed by atoms with Crippen LogP contribution in [0.15, 0.2) is 24.3 Å². The second kappa shape index (κ2) is 5.72. The smallest absolute Gasteiger partial charge is 0.0295 e. The topological polar surface area (TPSA) is 0 Å². The summed E-state index contributed by atoms with van der Waals surface area (Å²) in [6.45, 7) is 2.21. The summed E-state index contributed by atoms with van der Waals surface area (Å²) in [5.41, 5.74) is 2.88. The number of hydrogen-bond acceptors (Lipinski definition) is 0. The summed E-state index contributed by atoms with van der Waals surface area (Å²) in [6.07, 6.45) is 6.94. The molecule has 0 spiro atoms. The maximum Gasteiger partial charge on any atom is 0.0295 e. The molecule has 0 heterocycles. The quantitative estimate of drug-likeness (QED) is 0.655. The molecule has 16 heavy (non-hydrogen) atoms. The highest BCUT2D eigenvalue weighted by Crippen LogP contribution is 2.37. The van der Waals surface area contributed by atoms with Crippen LogP contribution in [0.2, 0.25) is 0 Å². The van der Waals surface area contributed by atoms with Gasteiger partial charge in [-0.05, 0) is 36.8 Å². The van der Waals surface area contributed by atoms with Crippen LogP contribution < -0.4 is 0 Å². The molecule has 0 saturated heterocycles. The van der Waals surface area contributed by atoms with E-state index in [0.29, 0.717) is 5.92 Å². The van der Waals surface area contributed by atoms with Crippen molar-refractivity contribution in [3.8, 4) is 0 Å². The van der Waals surface area contributed by atoms with Crippen molar-refractivity contribution in [3.05, 3.63) is 35.4 Å². The van der Waals surface area contributed by atoms with Crippen molar-refractivity contribution in [2.24, 2.45) is 5.92 Å². The van der Waals surface area contributed by atoms with E-state index in [0.717, 1.165) is 11.8 Å². The minimum absolute atomic E-state index is 0.572. The third-order valence-corrected chi connectivity index (χ3v) is 4.31. The zero-order valence-corrected chi connectivity index (χ0v) is 10.8. The van der Waals surface area contributed by atoms with Gasteiger partial charge < -0.3 is 0 Å². The number of rotatable bonds is 3. The zero-order chi connectivity index (χ0) is 11.4. The molecule has 1 heteroatoms. The average molecular weight is 237 g/mol. The molecule has 1 fully saturated rings. The molecule has 0 nitrogen and oxygen atoms in total. The predicted molar refractivity (Wildman–Crippen MR) is 71.2 cm³/mol. The summed E-state index contributed by atoms with van der Waals surface area (Å²) < 4.78 is 0. The van der Waals surface area contributed by atoms with Crippen molar-refractivity contribution in [3.63, 3.8) is 0 Å². The number of halogens is 1. The first-order valence-electron chi connectivity index (χ1n) is 6.44. The Bertz CT molecular complexity index is 326. The maximum atomic E-state index is 6.21. The minimum Gasteiger partial charge on any atom is -0.126 e. The monoisotopic (exact) mass is 236 g/mol. The molecule has 1 aliphatic carbocycles. The van der Waals surface area contributed by atoms with Crippen molar-refractivity contribution in [2.45, 2.75) is 44.9 Å². The van der Waals surface area contributed by atoms with Gasteiger partial charge in [0.2, 0.25) is 0 Å². The second-order valence-corrected chi connectivity index (χ2v) is 5.32. The van der Waals surface area contributed by atoms with E-state index in [1.165, 1.54) is 43.2 Å². The lowest BCUT2D eigenvalue weighted by molar-refractivity contribution is 0.317. The van der Waals surface area contributed by atoms with E-state index in [2.05, 4.69) is 31.2 Å². The Morgan fingerprint density at radius 2 is 1.88 bits per heavy atom. The van der Waals surface area contributed by atoms with Gasteiger partial charge in [0.1, 0.15) is 0 Å². The van der Waals surface area contributed by atoms with Crippen LogP contribution in [0.3, 0.4) is 0 Å². The van der Waals surface area contributed by atoms with Crippen LogP contribution in [-0.2, 0) is 0 Å². The molecule has 0 bridgehead atoms. The summed E-state index contributed by atoms with van der Waals surface area (Å²) in [5.74, 6) is 2.16. The van der Waals surface area contributed by atoms with Crippen molar-refractivity contribution in [1.82, 2.24) is 0 Å². The molecule has 1 unspecified atom stereocenters. The molecule has 88 valence electrons. The fraction of sp³-hybridized carbons (Fsp3) is 0.600. The molecule has 0 radical (unpaired) electrons. The van der Waals surface area contributed by atoms with Gasteiger partial charge in [-0.2, -0.15) is 0 Å². The third-order valence-electron chi connectivity index (χ3n) is 3.97. The lowest BCUT2D eigenvalue weighted by atomic mass is 9.77. The highest BCUT2D eigenvalue weighted by molar-refractivity contribution is 6.18. The number of benzene rings is 1. The molecule has 1 aromatic carbocycles.